The molecular formula is C9H17NO. The van der Waals surface area contributed by atoms with E-state index in [2.05, 4.69) is 12.2 Å². The van der Waals surface area contributed by atoms with Gasteiger partial charge in [0.2, 0.25) is 0 Å². The van der Waals surface area contributed by atoms with Crippen LogP contribution in [0, 0.1) is 5.92 Å². The minimum absolute atomic E-state index is 0.513. The molecule has 0 aromatic carbocycles. The van der Waals surface area contributed by atoms with Gasteiger partial charge in [-0.3, -0.25) is 0 Å². The lowest BCUT2D eigenvalue weighted by atomic mass is 10.1. The van der Waals surface area contributed by atoms with E-state index in [9.17, 15) is 0 Å². The third kappa shape index (κ3) is 1.94. The van der Waals surface area contributed by atoms with E-state index in [1.54, 1.807) is 0 Å². The minimum Gasteiger partial charge on any atom is -0.373 e. The fourth-order valence-corrected chi connectivity index (χ4v) is 1.66. The van der Waals surface area contributed by atoms with Gasteiger partial charge in [-0.05, 0) is 31.7 Å². The van der Waals surface area contributed by atoms with Crippen LogP contribution in [0.2, 0.25) is 0 Å². The molecule has 2 heteroatoms. The Bertz CT molecular complexity index is 132. The van der Waals surface area contributed by atoms with E-state index >= 15 is 0 Å². The van der Waals surface area contributed by atoms with Crippen LogP contribution >= 0.6 is 0 Å². The van der Waals surface area contributed by atoms with E-state index in [0.717, 1.165) is 12.5 Å². The molecule has 2 fully saturated rings. The summed E-state index contributed by atoms with van der Waals surface area (Å²) in [7, 11) is 0. The lowest BCUT2D eigenvalue weighted by molar-refractivity contribution is 0.0188. The molecule has 2 rings (SSSR count). The molecule has 0 aromatic heterocycles. The van der Waals surface area contributed by atoms with Crippen LogP contribution < -0.4 is 5.32 Å². The minimum atomic E-state index is 0.513. The van der Waals surface area contributed by atoms with Gasteiger partial charge in [0.25, 0.3) is 0 Å². The smallest absolute Gasteiger partial charge is 0.0703 e. The van der Waals surface area contributed by atoms with Crippen LogP contribution in [0.3, 0.4) is 0 Å². The Kier molecular flexibility index (Phi) is 2.14. The maximum atomic E-state index is 5.85. The first-order valence-corrected chi connectivity index (χ1v) is 4.72. The van der Waals surface area contributed by atoms with Crippen LogP contribution in [0.4, 0.5) is 0 Å². The lowest BCUT2D eigenvalue weighted by Crippen LogP contribution is -2.35. The second-order valence-electron chi connectivity index (χ2n) is 3.86. The third-order valence-corrected chi connectivity index (χ3v) is 2.65. The van der Waals surface area contributed by atoms with E-state index < -0.39 is 0 Å². The summed E-state index contributed by atoms with van der Waals surface area (Å²) < 4.78 is 5.85. The summed E-state index contributed by atoms with van der Waals surface area (Å²) in [5.41, 5.74) is 0. The first-order chi connectivity index (χ1) is 5.36. The quantitative estimate of drug-likeness (QED) is 0.646. The zero-order valence-corrected chi connectivity index (χ0v) is 7.18. The van der Waals surface area contributed by atoms with E-state index in [4.69, 9.17) is 4.74 Å². The van der Waals surface area contributed by atoms with Crippen LogP contribution in [0.15, 0.2) is 0 Å². The van der Waals surface area contributed by atoms with Crippen molar-refractivity contribution < 1.29 is 4.74 Å². The van der Waals surface area contributed by atoms with Crippen molar-refractivity contribution in [1.82, 2.24) is 5.32 Å². The molecule has 1 aliphatic heterocycles. The molecule has 2 aliphatic rings. The van der Waals surface area contributed by atoms with E-state index in [-0.39, 0.29) is 0 Å². The predicted molar refractivity (Wildman–Crippen MR) is 44.5 cm³/mol. The van der Waals surface area contributed by atoms with Crippen molar-refractivity contribution in [3.05, 3.63) is 0 Å². The van der Waals surface area contributed by atoms with Crippen molar-refractivity contribution in [1.29, 1.82) is 0 Å². The Morgan fingerprint density at radius 3 is 2.82 bits per heavy atom. The average Bonchev–Trinajstić information content (AvgIpc) is 2.69. The fourth-order valence-electron chi connectivity index (χ4n) is 1.66. The molecular weight excluding hydrogens is 138 g/mol. The van der Waals surface area contributed by atoms with E-state index in [1.165, 1.54) is 25.8 Å². The van der Waals surface area contributed by atoms with Gasteiger partial charge in [-0.25, -0.2) is 0 Å². The maximum Gasteiger partial charge on any atom is 0.0703 e. The van der Waals surface area contributed by atoms with Gasteiger partial charge in [0.15, 0.2) is 0 Å². The SMILES string of the molecule is CC1CC1OC1CCCNC1. The molecule has 0 bridgehead atoms. The van der Waals surface area contributed by atoms with Crippen molar-refractivity contribution in [3.63, 3.8) is 0 Å². The molecule has 64 valence electrons. The monoisotopic (exact) mass is 155 g/mol. The molecule has 1 N–H and O–H groups in total. The summed E-state index contributed by atoms with van der Waals surface area (Å²) in [4.78, 5) is 0. The number of hydrogen-bond donors (Lipinski definition) is 1. The van der Waals surface area contributed by atoms with Gasteiger partial charge in [0.05, 0.1) is 12.2 Å². The number of nitrogens with one attached hydrogen (secondary N) is 1. The van der Waals surface area contributed by atoms with Crippen molar-refractivity contribution in [2.75, 3.05) is 13.1 Å². The Morgan fingerprint density at radius 1 is 1.45 bits per heavy atom. The van der Waals surface area contributed by atoms with Crippen LogP contribution in [0.5, 0.6) is 0 Å². The first-order valence-electron chi connectivity index (χ1n) is 4.72. The van der Waals surface area contributed by atoms with Gasteiger partial charge in [-0.2, -0.15) is 0 Å². The molecule has 1 saturated carbocycles. The second kappa shape index (κ2) is 3.11. The van der Waals surface area contributed by atoms with Crippen molar-refractivity contribution in [2.45, 2.75) is 38.4 Å². The highest BCUT2D eigenvalue weighted by molar-refractivity contribution is 4.85. The van der Waals surface area contributed by atoms with Gasteiger partial charge in [0.1, 0.15) is 0 Å². The average molecular weight is 155 g/mol. The summed E-state index contributed by atoms with van der Waals surface area (Å²) in [6.07, 6.45) is 4.94. The molecule has 3 atom stereocenters. The van der Waals surface area contributed by atoms with Crippen molar-refractivity contribution in [2.24, 2.45) is 5.92 Å². The van der Waals surface area contributed by atoms with Crippen LogP contribution in [-0.4, -0.2) is 25.3 Å². The fraction of sp³-hybridized carbons (Fsp3) is 1.00. The number of rotatable bonds is 2. The Labute approximate surface area is 68.3 Å². The highest BCUT2D eigenvalue weighted by Crippen LogP contribution is 2.34. The zero-order chi connectivity index (χ0) is 7.68. The highest BCUT2D eigenvalue weighted by atomic mass is 16.5. The molecule has 1 saturated heterocycles. The summed E-state index contributed by atoms with van der Waals surface area (Å²) >= 11 is 0. The topological polar surface area (TPSA) is 21.3 Å². The summed E-state index contributed by atoms with van der Waals surface area (Å²) in [6.45, 7) is 4.52. The maximum absolute atomic E-state index is 5.85. The van der Waals surface area contributed by atoms with Gasteiger partial charge in [-0.15, -0.1) is 0 Å². The molecule has 11 heavy (non-hydrogen) atoms. The van der Waals surface area contributed by atoms with Crippen LogP contribution in [-0.2, 0) is 4.74 Å². The number of hydrogen-bond acceptors (Lipinski definition) is 2. The van der Waals surface area contributed by atoms with Gasteiger partial charge in [-0.1, -0.05) is 6.92 Å². The standard InChI is InChI=1S/C9H17NO/c1-7-5-9(7)11-8-3-2-4-10-6-8/h7-10H,2-6H2,1H3. The lowest BCUT2D eigenvalue weighted by Gasteiger charge is -2.23. The summed E-state index contributed by atoms with van der Waals surface area (Å²) in [6, 6.07) is 0. The number of ether oxygens (including phenoxy) is 1. The first kappa shape index (κ1) is 7.56. The highest BCUT2D eigenvalue weighted by Gasteiger charge is 2.35. The summed E-state index contributed by atoms with van der Waals surface area (Å²) in [5.74, 6) is 0.830. The van der Waals surface area contributed by atoms with Crippen molar-refractivity contribution >= 4 is 0 Å². The molecule has 0 amide bonds. The Balaban J connectivity index is 1.68. The second-order valence-corrected chi connectivity index (χ2v) is 3.86. The Hall–Kier alpha value is -0.0800. The Morgan fingerprint density at radius 2 is 2.27 bits per heavy atom. The third-order valence-electron chi connectivity index (χ3n) is 2.65. The van der Waals surface area contributed by atoms with E-state index in [0.29, 0.717) is 12.2 Å². The largest absolute Gasteiger partial charge is 0.373 e. The van der Waals surface area contributed by atoms with Gasteiger partial charge >= 0.3 is 0 Å². The number of piperidine rings is 1. The molecule has 1 heterocycles. The zero-order valence-electron chi connectivity index (χ0n) is 7.18. The van der Waals surface area contributed by atoms with Crippen LogP contribution in [0.1, 0.15) is 26.2 Å². The molecule has 2 nitrogen and oxygen atoms in total. The van der Waals surface area contributed by atoms with Crippen molar-refractivity contribution in [3.8, 4) is 0 Å². The molecule has 0 spiro atoms. The molecule has 0 radical (unpaired) electrons. The normalized spacial score (nSPS) is 43.9. The van der Waals surface area contributed by atoms with Gasteiger partial charge in [0, 0.05) is 6.54 Å². The molecule has 3 unspecified atom stereocenters. The molecule has 0 aromatic rings. The van der Waals surface area contributed by atoms with Gasteiger partial charge < -0.3 is 10.1 Å². The predicted octanol–water partition coefficient (Wildman–Crippen LogP) is 1.16. The molecule has 1 aliphatic carbocycles. The van der Waals surface area contributed by atoms with E-state index in [1.807, 2.05) is 0 Å². The summed E-state index contributed by atoms with van der Waals surface area (Å²) in [5, 5.41) is 3.36. The van der Waals surface area contributed by atoms with Crippen LogP contribution in [0.25, 0.3) is 0 Å².